The van der Waals surface area contributed by atoms with Crippen LogP contribution in [0.25, 0.3) is 6.08 Å². The van der Waals surface area contributed by atoms with Crippen molar-refractivity contribution in [2.45, 2.75) is 13.0 Å². The molecule has 1 unspecified atom stereocenters. The molecule has 1 atom stereocenters. The zero-order valence-electron chi connectivity index (χ0n) is 13.3. The predicted molar refractivity (Wildman–Crippen MR) is 94.7 cm³/mol. The summed E-state index contributed by atoms with van der Waals surface area (Å²) in [6, 6.07) is 14.6. The maximum absolute atomic E-state index is 12.3. The number of amides is 1. The molecule has 0 radical (unpaired) electrons. The molecule has 0 bridgehead atoms. The molecule has 0 aliphatic carbocycles. The van der Waals surface area contributed by atoms with Gasteiger partial charge < -0.3 is 5.32 Å². The number of carbonyl (C=O) groups is 1. The van der Waals surface area contributed by atoms with E-state index in [4.69, 9.17) is 11.6 Å². The maximum Gasteiger partial charge on any atom is 0.270 e. The van der Waals surface area contributed by atoms with Gasteiger partial charge in [-0.05, 0) is 24.6 Å². The smallest absolute Gasteiger partial charge is 0.270 e. The molecule has 7 heteroatoms. The number of nitro benzene ring substituents is 1. The highest BCUT2D eigenvalue weighted by atomic mass is 35.5. The van der Waals surface area contributed by atoms with Crippen molar-refractivity contribution in [3.63, 3.8) is 0 Å². The Kier molecular flexibility index (Phi) is 5.88. The molecule has 0 spiro atoms. The van der Waals surface area contributed by atoms with Crippen molar-refractivity contribution in [3.8, 4) is 6.07 Å². The molecule has 0 aromatic heterocycles. The highest BCUT2D eigenvalue weighted by molar-refractivity contribution is 6.32. The molecule has 1 N–H and O–H groups in total. The zero-order valence-corrected chi connectivity index (χ0v) is 14.0. The number of hydrogen-bond donors (Lipinski definition) is 1. The van der Waals surface area contributed by atoms with Crippen LogP contribution in [0.5, 0.6) is 0 Å². The number of nitrogens with one attached hydrogen (secondary N) is 1. The Hall–Kier alpha value is -3.17. The molecule has 2 aromatic carbocycles. The summed E-state index contributed by atoms with van der Waals surface area (Å²) in [4.78, 5) is 22.6. The number of hydrogen-bond acceptors (Lipinski definition) is 4. The molecule has 0 heterocycles. The number of nitro groups is 1. The Balaban J connectivity index is 2.26. The molecule has 126 valence electrons. The largest absolute Gasteiger partial charge is 0.345 e. The van der Waals surface area contributed by atoms with Gasteiger partial charge in [-0.1, -0.05) is 41.9 Å². The first kappa shape index (κ1) is 18.2. The van der Waals surface area contributed by atoms with Crippen LogP contribution in [0.1, 0.15) is 24.1 Å². The second-order valence-electron chi connectivity index (χ2n) is 5.24. The molecule has 0 fully saturated rings. The predicted octanol–water partition coefficient (Wildman–Crippen LogP) is 4.03. The molecule has 1 amide bonds. The van der Waals surface area contributed by atoms with Crippen molar-refractivity contribution in [2.24, 2.45) is 0 Å². The fourth-order valence-corrected chi connectivity index (χ4v) is 2.33. The standard InChI is InChI=1S/C18H14ClN3O3/c1-12(13-5-3-2-4-6-13)21-18(23)15(11-20)9-14-10-16(22(24)25)7-8-17(14)19/h2-10,12H,1H3,(H,21,23)/b15-9+. The minimum Gasteiger partial charge on any atom is -0.345 e. The average molecular weight is 356 g/mol. The Labute approximate surface area is 149 Å². The highest BCUT2D eigenvalue weighted by Crippen LogP contribution is 2.24. The first-order valence-corrected chi connectivity index (χ1v) is 7.71. The Morgan fingerprint density at radius 1 is 1.32 bits per heavy atom. The lowest BCUT2D eigenvalue weighted by molar-refractivity contribution is -0.384. The van der Waals surface area contributed by atoms with E-state index in [9.17, 15) is 20.2 Å². The van der Waals surface area contributed by atoms with Crippen LogP contribution in [-0.4, -0.2) is 10.8 Å². The van der Waals surface area contributed by atoms with Gasteiger partial charge in [0.2, 0.25) is 0 Å². The van der Waals surface area contributed by atoms with Crippen molar-refractivity contribution in [1.82, 2.24) is 5.32 Å². The fourth-order valence-electron chi connectivity index (χ4n) is 2.16. The van der Waals surface area contributed by atoms with Gasteiger partial charge in [-0.25, -0.2) is 0 Å². The quantitative estimate of drug-likeness (QED) is 0.379. The van der Waals surface area contributed by atoms with E-state index in [1.807, 2.05) is 30.3 Å². The lowest BCUT2D eigenvalue weighted by Crippen LogP contribution is -2.27. The first-order valence-electron chi connectivity index (χ1n) is 7.34. The molecule has 0 aliphatic heterocycles. The van der Waals surface area contributed by atoms with Crippen molar-refractivity contribution in [3.05, 3.63) is 80.4 Å². The van der Waals surface area contributed by atoms with Crippen molar-refractivity contribution >= 4 is 29.3 Å². The third-order valence-corrected chi connectivity index (χ3v) is 3.85. The molecule has 0 saturated heterocycles. The lowest BCUT2D eigenvalue weighted by atomic mass is 10.1. The summed E-state index contributed by atoms with van der Waals surface area (Å²) in [5, 5.41) is 23.0. The summed E-state index contributed by atoms with van der Waals surface area (Å²) in [5.74, 6) is -0.582. The molecule has 0 aliphatic rings. The third-order valence-electron chi connectivity index (χ3n) is 3.50. The summed E-state index contributed by atoms with van der Waals surface area (Å²) in [5.41, 5.74) is 0.757. The SMILES string of the molecule is CC(NC(=O)/C(C#N)=C/c1cc([N+](=O)[O-])ccc1Cl)c1ccccc1. The monoisotopic (exact) mass is 355 g/mol. The topological polar surface area (TPSA) is 96.0 Å². The van der Waals surface area contributed by atoms with E-state index in [0.717, 1.165) is 5.56 Å². The van der Waals surface area contributed by atoms with Gasteiger partial charge in [0.1, 0.15) is 11.6 Å². The Morgan fingerprint density at radius 3 is 2.60 bits per heavy atom. The van der Waals surface area contributed by atoms with Gasteiger partial charge in [-0.2, -0.15) is 5.26 Å². The van der Waals surface area contributed by atoms with Crippen LogP contribution >= 0.6 is 11.6 Å². The van der Waals surface area contributed by atoms with Gasteiger partial charge in [0.05, 0.1) is 11.0 Å². The van der Waals surface area contributed by atoms with Crippen molar-refractivity contribution in [2.75, 3.05) is 0 Å². The second-order valence-corrected chi connectivity index (χ2v) is 5.65. The van der Waals surface area contributed by atoms with E-state index in [1.165, 1.54) is 24.3 Å². The summed E-state index contributed by atoms with van der Waals surface area (Å²) in [7, 11) is 0. The van der Waals surface area contributed by atoms with Crippen LogP contribution in [0.4, 0.5) is 5.69 Å². The maximum atomic E-state index is 12.3. The van der Waals surface area contributed by atoms with Crippen molar-refractivity contribution < 1.29 is 9.72 Å². The second kappa shape index (κ2) is 8.08. The lowest BCUT2D eigenvalue weighted by Gasteiger charge is -2.13. The van der Waals surface area contributed by atoms with E-state index in [0.29, 0.717) is 0 Å². The van der Waals surface area contributed by atoms with Gasteiger partial charge in [0, 0.05) is 22.7 Å². The zero-order chi connectivity index (χ0) is 18.4. The van der Waals surface area contributed by atoms with E-state index in [2.05, 4.69) is 5.32 Å². The van der Waals surface area contributed by atoms with Crippen LogP contribution in [0, 0.1) is 21.4 Å². The number of nitriles is 1. The number of benzene rings is 2. The number of nitrogens with zero attached hydrogens (tertiary/aromatic N) is 2. The van der Waals surface area contributed by atoms with Crippen LogP contribution in [-0.2, 0) is 4.79 Å². The van der Waals surface area contributed by atoms with Gasteiger partial charge in [0.15, 0.2) is 0 Å². The molecular weight excluding hydrogens is 342 g/mol. The van der Waals surface area contributed by atoms with Crippen LogP contribution in [0.2, 0.25) is 5.02 Å². The Bertz CT molecular complexity index is 873. The van der Waals surface area contributed by atoms with E-state index < -0.39 is 10.8 Å². The fraction of sp³-hybridized carbons (Fsp3) is 0.111. The van der Waals surface area contributed by atoms with Crippen molar-refractivity contribution in [1.29, 1.82) is 5.26 Å². The number of rotatable bonds is 5. The molecular formula is C18H14ClN3O3. The third kappa shape index (κ3) is 4.66. The summed E-state index contributed by atoms with van der Waals surface area (Å²) < 4.78 is 0. The van der Waals surface area contributed by atoms with Crippen LogP contribution < -0.4 is 5.32 Å². The normalized spacial score (nSPS) is 12.1. The summed E-state index contributed by atoms with van der Waals surface area (Å²) in [6.45, 7) is 1.79. The minimum atomic E-state index is -0.582. The van der Waals surface area contributed by atoms with Gasteiger partial charge in [0.25, 0.3) is 11.6 Å². The number of halogens is 1. The molecule has 2 aromatic rings. The molecule has 25 heavy (non-hydrogen) atoms. The van der Waals surface area contributed by atoms with Crippen LogP contribution in [0.3, 0.4) is 0 Å². The Morgan fingerprint density at radius 2 is 2.00 bits per heavy atom. The van der Waals surface area contributed by atoms with Crippen LogP contribution in [0.15, 0.2) is 54.1 Å². The van der Waals surface area contributed by atoms with E-state index in [-0.39, 0.29) is 27.9 Å². The molecule has 2 rings (SSSR count). The highest BCUT2D eigenvalue weighted by Gasteiger charge is 2.15. The first-order chi connectivity index (χ1) is 11.9. The van der Waals surface area contributed by atoms with E-state index in [1.54, 1.807) is 13.0 Å². The van der Waals surface area contributed by atoms with E-state index >= 15 is 0 Å². The van der Waals surface area contributed by atoms with Gasteiger partial charge in [-0.15, -0.1) is 0 Å². The molecule has 0 saturated carbocycles. The van der Waals surface area contributed by atoms with Gasteiger partial charge in [-0.3, -0.25) is 14.9 Å². The average Bonchev–Trinajstić information content (AvgIpc) is 2.61. The number of carbonyl (C=O) groups excluding carboxylic acids is 1. The minimum absolute atomic E-state index is 0.175. The summed E-state index contributed by atoms with van der Waals surface area (Å²) in [6.07, 6.45) is 1.24. The number of non-ortho nitro benzene ring substituents is 1. The summed E-state index contributed by atoms with van der Waals surface area (Å²) >= 11 is 6.00. The molecule has 6 nitrogen and oxygen atoms in total. The van der Waals surface area contributed by atoms with Gasteiger partial charge >= 0.3 is 0 Å².